The molecular formula is C5H9N3O2S2. The van der Waals surface area contributed by atoms with Crippen LogP contribution in [0.1, 0.15) is 6.92 Å². The molecule has 0 saturated carbocycles. The van der Waals surface area contributed by atoms with Crippen LogP contribution < -0.4 is 5.32 Å². The molecule has 7 heteroatoms. The second-order valence-corrected chi connectivity index (χ2v) is 5.34. The van der Waals surface area contributed by atoms with Gasteiger partial charge in [0.15, 0.2) is 0 Å². The second-order valence-electron chi connectivity index (χ2n) is 2.18. The summed E-state index contributed by atoms with van der Waals surface area (Å²) in [5.74, 6) is 0. The monoisotopic (exact) mass is 207 g/mol. The quantitative estimate of drug-likeness (QED) is 0.775. The summed E-state index contributed by atoms with van der Waals surface area (Å²) in [4.78, 5) is 0. The van der Waals surface area contributed by atoms with Gasteiger partial charge in [0.05, 0.1) is 0 Å². The fourth-order valence-electron chi connectivity index (χ4n) is 0.582. The lowest BCUT2D eigenvalue weighted by atomic mass is 10.8. The summed E-state index contributed by atoms with van der Waals surface area (Å²) in [6.07, 6.45) is 1.11. The van der Waals surface area contributed by atoms with Crippen molar-refractivity contribution in [3.63, 3.8) is 0 Å². The molecule has 12 heavy (non-hydrogen) atoms. The molecule has 0 aliphatic rings. The van der Waals surface area contributed by atoms with Gasteiger partial charge in [0.2, 0.25) is 19.3 Å². The Labute approximate surface area is 74.7 Å². The van der Waals surface area contributed by atoms with E-state index in [-0.39, 0.29) is 4.34 Å². The molecule has 0 amide bonds. The molecule has 5 nitrogen and oxygen atoms in total. The molecule has 1 aromatic rings. The van der Waals surface area contributed by atoms with E-state index in [2.05, 4.69) is 15.5 Å². The Kier molecular flexibility index (Phi) is 2.63. The van der Waals surface area contributed by atoms with E-state index >= 15 is 0 Å². The molecule has 0 saturated heterocycles. The summed E-state index contributed by atoms with van der Waals surface area (Å²) >= 11 is 1.04. The summed E-state index contributed by atoms with van der Waals surface area (Å²) in [5, 5.41) is 10.6. The average molecular weight is 207 g/mol. The van der Waals surface area contributed by atoms with E-state index in [0.717, 1.165) is 17.6 Å². The summed E-state index contributed by atoms with van der Waals surface area (Å²) in [5.41, 5.74) is 0. The molecule has 0 unspecified atom stereocenters. The number of hydrogen-bond acceptors (Lipinski definition) is 6. The summed E-state index contributed by atoms with van der Waals surface area (Å²) in [6, 6.07) is 0. The Morgan fingerprint density at radius 2 is 2.17 bits per heavy atom. The fourth-order valence-corrected chi connectivity index (χ4v) is 2.16. The molecule has 0 aromatic carbocycles. The third-order valence-electron chi connectivity index (χ3n) is 1.05. The van der Waals surface area contributed by atoms with E-state index < -0.39 is 9.84 Å². The van der Waals surface area contributed by atoms with Gasteiger partial charge in [-0.05, 0) is 6.92 Å². The van der Waals surface area contributed by atoms with Gasteiger partial charge in [-0.25, -0.2) is 8.42 Å². The summed E-state index contributed by atoms with van der Waals surface area (Å²) < 4.78 is 21.9. The van der Waals surface area contributed by atoms with Crippen molar-refractivity contribution in [1.82, 2.24) is 10.2 Å². The first-order chi connectivity index (χ1) is 5.54. The number of rotatable bonds is 3. The van der Waals surface area contributed by atoms with E-state index in [1.807, 2.05) is 6.92 Å². The minimum atomic E-state index is -3.20. The van der Waals surface area contributed by atoms with Crippen LogP contribution in [0.4, 0.5) is 5.13 Å². The van der Waals surface area contributed by atoms with Crippen molar-refractivity contribution < 1.29 is 8.42 Å². The molecule has 0 aliphatic carbocycles. The van der Waals surface area contributed by atoms with Crippen LogP contribution in [-0.2, 0) is 9.84 Å². The normalized spacial score (nSPS) is 11.5. The molecule has 1 N–H and O–H groups in total. The minimum Gasteiger partial charge on any atom is -0.360 e. The van der Waals surface area contributed by atoms with E-state index in [1.165, 1.54) is 0 Å². The van der Waals surface area contributed by atoms with Gasteiger partial charge < -0.3 is 5.32 Å². The number of aromatic nitrogens is 2. The smallest absolute Gasteiger partial charge is 0.234 e. The van der Waals surface area contributed by atoms with Gasteiger partial charge in [0, 0.05) is 12.8 Å². The van der Waals surface area contributed by atoms with E-state index in [9.17, 15) is 8.42 Å². The second kappa shape index (κ2) is 3.36. The summed E-state index contributed by atoms with van der Waals surface area (Å²) in [6.45, 7) is 2.61. The highest BCUT2D eigenvalue weighted by Gasteiger charge is 2.13. The summed E-state index contributed by atoms with van der Waals surface area (Å²) in [7, 11) is -3.20. The van der Waals surface area contributed by atoms with E-state index in [4.69, 9.17) is 0 Å². The lowest BCUT2D eigenvalue weighted by Gasteiger charge is -1.91. The topological polar surface area (TPSA) is 72.0 Å². The van der Waals surface area contributed by atoms with Crippen LogP contribution in [0.2, 0.25) is 0 Å². The molecule has 0 radical (unpaired) electrons. The van der Waals surface area contributed by atoms with Gasteiger partial charge in [0.1, 0.15) is 0 Å². The number of anilines is 1. The molecule has 0 fully saturated rings. The zero-order valence-corrected chi connectivity index (χ0v) is 8.37. The zero-order valence-electron chi connectivity index (χ0n) is 6.73. The highest BCUT2D eigenvalue weighted by Crippen LogP contribution is 2.18. The predicted octanol–water partition coefficient (Wildman–Crippen LogP) is 0.373. The van der Waals surface area contributed by atoms with Crippen molar-refractivity contribution >= 4 is 26.3 Å². The zero-order chi connectivity index (χ0) is 9.19. The SMILES string of the molecule is CCNc1nnc(S(C)(=O)=O)s1. The maximum absolute atomic E-state index is 10.9. The maximum atomic E-state index is 10.9. The van der Waals surface area contributed by atoms with Crippen LogP contribution in [0, 0.1) is 0 Å². The molecule has 68 valence electrons. The number of hydrogen-bond donors (Lipinski definition) is 1. The van der Waals surface area contributed by atoms with Gasteiger partial charge in [-0.15, -0.1) is 10.2 Å². The average Bonchev–Trinajstić information content (AvgIpc) is 2.35. The van der Waals surface area contributed by atoms with Crippen LogP contribution >= 0.6 is 11.3 Å². The highest BCUT2D eigenvalue weighted by molar-refractivity contribution is 7.92. The third kappa shape index (κ3) is 2.15. The molecular weight excluding hydrogens is 198 g/mol. The third-order valence-corrected chi connectivity index (χ3v) is 3.60. The Bertz CT molecular complexity index is 357. The molecule has 0 aliphatic heterocycles. The number of nitrogens with zero attached hydrogens (tertiary/aromatic N) is 2. The Balaban J connectivity index is 2.92. The minimum absolute atomic E-state index is 0.0541. The van der Waals surface area contributed by atoms with Crippen molar-refractivity contribution in [1.29, 1.82) is 0 Å². The Morgan fingerprint density at radius 1 is 1.50 bits per heavy atom. The van der Waals surface area contributed by atoms with Gasteiger partial charge in [-0.2, -0.15) is 0 Å². The lowest BCUT2D eigenvalue weighted by molar-refractivity contribution is 0.600. The predicted molar refractivity (Wildman–Crippen MR) is 47.2 cm³/mol. The van der Waals surface area contributed by atoms with Crippen molar-refractivity contribution in [2.75, 3.05) is 18.1 Å². The molecule has 1 heterocycles. The fraction of sp³-hybridized carbons (Fsp3) is 0.600. The van der Waals surface area contributed by atoms with Gasteiger partial charge in [-0.1, -0.05) is 11.3 Å². The Morgan fingerprint density at radius 3 is 2.58 bits per heavy atom. The standard InChI is InChI=1S/C5H9N3O2S2/c1-3-6-4-7-8-5(11-4)12(2,9)10/h3H2,1-2H3,(H,6,7). The van der Waals surface area contributed by atoms with Crippen molar-refractivity contribution in [2.45, 2.75) is 11.3 Å². The first kappa shape index (κ1) is 9.40. The number of sulfone groups is 1. The van der Waals surface area contributed by atoms with Crippen molar-refractivity contribution in [3.8, 4) is 0 Å². The van der Waals surface area contributed by atoms with Crippen LogP contribution in [0.15, 0.2) is 4.34 Å². The van der Waals surface area contributed by atoms with Gasteiger partial charge in [-0.3, -0.25) is 0 Å². The molecule has 1 rings (SSSR count). The van der Waals surface area contributed by atoms with Crippen molar-refractivity contribution in [3.05, 3.63) is 0 Å². The van der Waals surface area contributed by atoms with Crippen LogP contribution in [0.3, 0.4) is 0 Å². The van der Waals surface area contributed by atoms with E-state index in [0.29, 0.717) is 11.7 Å². The molecule has 0 atom stereocenters. The first-order valence-corrected chi connectivity index (χ1v) is 6.02. The van der Waals surface area contributed by atoms with Crippen LogP contribution in [0.25, 0.3) is 0 Å². The van der Waals surface area contributed by atoms with Crippen LogP contribution in [0.5, 0.6) is 0 Å². The van der Waals surface area contributed by atoms with Crippen LogP contribution in [-0.4, -0.2) is 31.4 Å². The largest absolute Gasteiger partial charge is 0.360 e. The Hall–Kier alpha value is -0.690. The molecule has 1 aromatic heterocycles. The van der Waals surface area contributed by atoms with E-state index in [1.54, 1.807) is 0 Å². The highest BCUT2D eigenvalue weighted by atomic mass is 32.2. The van der Waals surface area contributed by atoms with Gasteiger partial charge in [0.25, 0.3) is 0 Å². The first-order valence-electron chi connectivity index (χ1n) is 3.31. The van der Waals surface area contributed by atoms with Crippen molar-refractivity contribution in [2.24, 2.45) is 0 Å². The molecule has 0 spiro atoms. The maximum Gasteiger partial charge on any atom is 0.234 e. The lowest BCUT2D eigenvalue weighted by Crippen LogP contribution is -1.95. The number of nitrogens with one attached hydrogen (secondary N) is 1. The van der Waals surface area contributed by atoms with Gasteiger partial charge >= 0.3 is 0 Å². The molecule has 0 bridgehead atoms.